The highest BCUT2D eigenvalue weighted by Gasteiger charge is 2.24. The van der Waals surface area contributed by atoms with Crippen molar-refractivity contribution in [2.24, 2.45) is 11.5 Å². The number of hydrogen-bond acceptors (Lipinski definition) is 5. The fourth-order valence-electron chi connectivity index (χ4n) is 2.22. The molecule has 0 unspecified atom stereocenters. The number of halogens is 1. The third-order valence-corrected chi connectivity index (χ3v) is 3.63. The number of amides is 1. The molecule has 2 atom stereocenters. The van der Waals surface area contributed by atoms with Gasteiger partial charge in [-0.15, -0.1) is 0 Å². The highest BCUT2D eigenvalue weighted by Crippen LogP contribution is 2.17. The molecule has 1 aromatic carbocycles. The number of nitrogens with two attached hydrogens (primary N) is 2. The molecular formula is C15H24FN3O3. The standard InChI is InChI=1S/C15H24FN3O3/c1-19(11(9-20)3-2-6-17)15(22)13(18)8-10-4-5-14(21)12(16)7-10/h4-5,7,11,13,20-21H,2-3,6,8-9,17-18H2,1H3/t11-,13-/m0/s1. The molecular weight excluding hydrogens is 289 g/mol. The van der Waals surface area contributed by atoms with Crippen molar-refractivity contribution in [2.75, 3.05) is 20.2 Å². The third-order valence-electron chi connectivity index (χ3n) is 3.63. The number of likely N-dealkylation sites (N-methyl/N-ethyl adjacent to an activating group) is 1. The minimum Gasteiger partial charge on any atom is -0.505 e. The summed E-state index contributed by atoms with van der Waals surface area (Å²) in [4.78, 5) is 13.7. The molecule has 1 rings (SSSR count). The molecule has 124 valence electrons. The smallest absolute Gasteiger partial charge is 0.239 e. The molecule has 0 radical (unpaired) electrons. The van der Waals surface area contributed by atoms with Crippen LogP contribution in [0.3, 0.4) is 0 Å². The van der Waals surface area contributed by atoms with Gasteiger partial charge in [0, 0.05) is 7.05 Å². The van der Waals surface area contributed by atoms with Crippen molar-refractivity contribution in [1.29, 1.82) is 0 Å². The summed E-state index contributed by atoms with van der Waals surface area (Å²) in [5, 5.41) is 18.5. The molecule has 22 heavy (non-hydrogen) atoms. The number of aliphatic hydroxyl groups excluding tert-OH is 1. The van der Waals surface area contributed by atoms with E-state index in [9.17, 15) is 14.3 Å². The van der Waals surface area contributed by atoms with Gasteiger partial charge in [-0.1, -0.05) is 6.07 Å². The zero-order valence-corrected chi connectivity index (χ0v) is 12.7. The topological polar surface area (TPSA) is 113 Å². The maximum Gasteiger partial charge on any atom is 0.239 e. The zero-order valence-electron chi connectivity index (χ0n) is 12.7. The average molecular weight is 313 g/mol. The van der Waals surface area contributed by atoms with E-state index in [0.29, 0.717) is 24.9 Å². The lowest BCUT2D eigenvalue weighted by Crippen LogP contribution is -2.48. The molecule has 6 nitrogen and oxygen atoms in total. The van der Waals surface area contributed by atoms with E-state index in [1.165, 1.54) is 17.0 Å². The summed E-state index contributed by atoms with van der Waals surface area (Å²) in [6.45, 7) is 0.320. The number of rotatable bonds is 8. The van der Waals surface area contributed by atoms with Gasteiger partial charge in [-0.25, -0.2) is 4.39 Å². The fraction of sp³-hybridized carbons (Fsp3) is 0.533. The summed E-state index contributed by atoms with van der Waals surface area (Å²) in [5.74, 6) is -1.52. The van der Waals surface area contributed by atoms with Crippen LogP contribution in [0.5, 0.6) is 5.75 Å². The molecule has 1 aromatic rings. The highest BCUT2D eigenvalue weighted by molar-refractivity contribution is 5.82. The molecule has 0 saturated carbocycles. The van der Waals surface area contributed by atoms with E-state index < -0.39 is 17.6 Å². The molecule has 0 spiro atoms. The van der Waals surface area contributed by atoms with Crippen LogP contribution in [0.1, 0.15) is 18.4 Å². The first kappa shape index (κ1) is 18.3. The Labute approximate surface area is 129 Å². The lowest BCUT2D eigenvalue weighted by atomic mass is 10.0. The van der Waals surface area contributed by atoms with E-state index in [-0.39, 0.29) is 25.0 Å². The van der Waals surface area contributed by atoms with Crippen molar-refractivity contribution < 1.29 is 19.4 Å². The molecule has 0 heterocycles. The second-order valence-electron chi connectivity index (χ2n) is 5.31. The molecule has 1 amide bonds. The van der Waals surface area contributed by atoms with Crippen molar-refractivity contribution in [3.63, 3.8) is 0 Å². The molecule has 0 bridgehead atoms. The number of benzene rings is 1. The van der Waals surface area contributed by atoms with Crippen molar-refractivity contribution in [1.82, 2.24) is 4.90 Å². The highest BCUT2D eigenvalue weighted by atomic mass is 19.1. The number of hydrogen-bond donors (Lipinski definition) is 4. The quantitative estimate of drug-likeness (QED) is 0.538. The van der Waals surface area contributed by atoms with Crippen LogP contribution in [0.25, 0.3) is 0 Å². The first-order valence-corrected chi connectivity index (χ1v) is 7.21. The lowest BCUT2D eigenvalue weighted by Gasteiger charge is -2.29. The first-order valence-electron chi connectivity index (χ1n) is 7.21. The Morgan fingerprint density at radius 2 is 2.14 bits per heavy atom. The van der Waals surface area contributed by atoms with Gasteiger partial charge in [0.2, 0.25) is 5.91 Å². The van der Waals surface area contributed by atoms with Crippen molar-refractivity contribution in [3.8, 4) is 5.75 Å². The second-order valence-corrected chi connectivity index (χ2v) is 5.31. The van der Waals surface area contributed by atoms with Crippen molar-refractivity contribution >= 4 is 5.91 Å². The monoisotopic (exact) mass is 313 g/mol. The van der Waals surface area contributed by atoms with Crippen LogP contribution < -0.4 is 11.5 Å². The molecule has 0 aliphatic rings. The summed E-state index contributed by atoms with van der Waals surface area (Å²) in [5.41, 5.74) is 11.8. The maximum atomic E-state index is 13.3. The van der Waals surface area contributed by atoms with Crippen LogP contribution in [0.2, 0.25) is 0 Å². The van der Waals surface area contributed by atoms with Crippen molar-refractivity contribution in [2.45, 2.75) is 31.3 Å². The third kappa shape index (κ3) is 4.94. The number of nitrogens with zero attached hydrogens (tertiary/aromatic N) is 1. The number of aliphatic hydroxyl groups is 1. The molecule has 0 fully saturated rings. The predicted molar refractivity (Wildman–Crippen MR) is 81.7 cm³/mol. The number of phenolic OH excluding ortho intramolecular Hbond substituents is 1. The van der Waals surface area contributed by atoms with Crippen LogP contribution in [-0.2, 0) is 11.2 Å². The van der Waals surface area contributed by atoms with Gasteiger partial charge in [0.15, 0.2) is 11.6 Å². The van der Waals surface area contributed by atoms with Gasteiger partial charge >= 0.3 is 0 Å². The number of phenols is 1. The lowest BCUT2D eigenvalue weighted by molar-refractivity contribution is -0.134. The van der Waals surface area contributed by atoms with Crippen molar-refractivity contribution in [3.05, 3.63) is 29.6 Å². The van der Waals surface area contributed by atoms with Crippen LogP contribution in [-0.4, -0.2) is 53.3 Å². The Hall–Kier alpha value is -1.70. The Morgan fingerprint density at radius 1 is 1.45 bits per heavy atom. The van der Waals surface area contributed by atoms with E-state index in [1.54, 1.807) is 7.05 Å². The zero-order chi connectivity index (χ0) is 16.7. The Kier molecular flexibility index (Phi) is 7.23. The summed E-state index contributed by atoms with van der Waals surface area (Å²) in [6.07, 6.45) is 1.44. The fourth-order valence-corrected chi connectivity index (χ4v) is 2.22. The average Bonchev–Trinajstić information content (AvgIpc) is 2.50. The molecule has 0 aliphatic heterocycles. The maximum absolute atomic E-state index is 13.3. The van der Waals surface area contributed by atoms with Gasteiger partial charge in [0.25, 0.3) is 0 Å². The number of carbonyl (C=O) groups is 1. The van der Waals surface area contributed by atoms with Crippen LogP contribution in [0.4, 0.5) is 4.39 Å². The predicted octanol–water partition coefficient (Wildman–Crippen LogP) is -0.0407. The summed E-state index contributed by atoms with van der Waals surface area (Å²) in [6, 6.07) is 2.72. The van der Waals surface area contributed by atoms with Gasteiger partial charge in [-0.05, 0) is 43.5 Å². The Bertz CT molecular complexity index is 499. The normalized spacial score (nSPS) is 13.7. The second kappa shape index (κ2) is 8.67. The number of aromatic hydroxyl groups is 1. The van der Waals surface area contributed by atoms with Gasteiger partial charge in [-0.2, -0.15) is 0 Å². The molecule has 0 aliphatic carbocycles. The van der Waals surface area contributed by atoms with Gasteiger partial charge < -0.3 is 26.6 Å². The van der Waals surface area contributed by atoms with Gasteiger partial charge in [0.05, 0.1) is 18.7 Å². The van der Waals surface area contributed by atoms with Crippen LogP contribution in [0.15, 0.2) is 18.2 Å². The first-order chi connectivity index (χ1) is 10.4. The Morgan fingerprint density at radius 3 is 2.68 bits per heavy atom. The summed E-state index contributed by atoms with van der Waals surface area (Å²) >= 11 is 0. The molecule has 6 N–H and O–H groups in total. The minimum absolute atomic E-state index is 0.148. The largest absolute Gasteiger partial charge is 0.505 e. The van der Waals surface area contributed by atoms with Crippen LogP contribution in [0, 0.1) is 5.82 Å². The van der Waals surface area contributed by atoms with E-state index in [1.807, 2.05) is 0 Å². The summed E-state index contributed by atoms with van der Waals surface area (Å²) in [7, 11) is 1.58. The Balaban J connectivity index is 2.68. The number of carbonyl (C=O) groups excluding carboxylic acids is 1. The molecule has 0 aromatic heterocycles. The summed E-state index contributed by atoms with van der Waals surface area (Å²) < 4.78 is 13.3. The van der Waals surface area contributed by atoms with E-state index in [4.69, 9.17) is 16.6 Å². The molecule has 0 saturated heterocycles. The van der Waals surface area contributed by atoms with Gasteiger partial charge in [-0.3, -0.25) is 4.79 Å². The minimum atomic E-state index is -0.846. The van der Waals surface area contributed by atoms with E-state index in [0.717, 1.165) is 6.07 Å². The van der Waals surface area contributed by atoms with E-state index >= 15 is 0 Å². The SMILES string of the molecule is CN(C(=O)[C@@H](N)Cc1ccc(O)c(F)c1)[C@H](CO)CCCN. The van der Waals surface area contributed by atoms with Crippen LogP contribution >= 0.6 is 0 Å². The van der Waals surface area contributed by atoms with E-state index in [2.05, 4.69) is 0 Å². The molecule has 7 heteroatoms. The van der Waals surface area contributed by atoms with Gasteiger partial charge in [0.1, 0.15) is 0 Å².